The highest BCUT2D eigenvalue weighted by molar-refractivity contribution is 5.93. The first kappa shape index (κ1) is 17.7. The Balaban J connectivity index is 2.40. The molecular formula is C16H29N3O2. The van der Waals surface area contributed by atoms with Crippen LogP contribution < -0.4 is 10.6 Å². The van der Waals surface area contributed by atoms with Gasteiger partial charge in [-0.1, -0.05) is 25.4 Å². The van der Waals surface area contributed by atoms with Gasteiger partial charge in [0, 0.05) is 24.1 Å². The second-order valence-corrected chi connectivity index (χ2v) is 6.10. The lowest BCUT2D eigenvalue weighted by Gasteiger charge is -2.26. The number of rotatable bonds is 9. The van der Waals surface area contributed by atoms with Crippen LogP contribution in [0.25, 0.3) is 0 Å². The Labute approximate surface area is 127 Å². The van der Waals surface area contributed by atoms with Crippen molar-refractivity contribution in [3.63, 3.8) is 0 Å². The molecule has 1 rings (SSSR count). The monoisotopic (exact) mass is 295 g/mol. The highest BCUT2D eigenvalue weighted by Crippen LogP contribution is 2.13. The molecule has 5 nitrogen and oxygen atoms in total. The second kappa shape index (κ2) is 8.17. The molecule has 1 heterocycles. The Kier molecular flexibility index (Phi) is 6.89. The minimum absolute atomic E-state index is 0.0237. The third-order valence-corrected chi connectivity index (χ3v) is 3.73. The van der Waals surface area contributed by atoms with Gasteiger partial charge in [0.15, 0.2) is 5.69 Å². The largest absolute Gasteiger partial charge is 0.360 e. The van der Waals surface area contributed by atoms with E-state index in [1.165, 1.54) is 12.8 Å². The molecule has 0 aliphatic carbocycles. The number of hydrogen-bond acceptors (Lipinski definition) is 4. The van der Waals surface area contributed by atoms with Gasteiger partial charge in [0.1, 0.15) is 5.76 Å². The smallest absolute Gasteiger partial charge is 0.273 e. The van der Waals surface area contributed by atoms with Crippen molar-refractivity contribution < 1.29 is 9.32 Å². The first-order valence-electron chi connectivity index (χ1n) is 7.89. The molecule has 1 aromatic heterocycles. The molecule has 1 amide bonds. The minimum Gasteiger partial charge on any atom is -0.360 e. The number of aryl methyl sites for hydroxylation is 1. The first-order chi connectivity index (χ1) is 9.91. The van der Waals surface area contributed by atoms with Crippen LogP contribution in [0.15, 0.2) is 4.52 Å². The average molecular weight is 295 g/mol. The van der Waals surface area contributed by atoms with Gasteiger partial charge in [-0.2, -0.15) is 0 Å². The van der Waals surface area contributed by atoms with E-state index in [9.17, 15) is 4.79 Å². The Bertz CT molecular complexity index is 452. The number of unbranched alkanes of at least 4 members (excludes halogenated alkanes) is 1. The van der Waals surface area contributed by atoms with Crippen LogP contribution in [0.2, 0.25) is 0 Å². The Morgan fingerprint density at radius 3 is 2.57 bits per heavy atom. The van der Waals surface area contributed by atoms with Crippen LogP contribution in [-0.2, 0) is 6.42 Å². The van der Waals surface area contributed by atoms with Crippen molar-refractivity contribution in [2.75, 3.05) is 13.1 Å². The Hall–Kier alpha value is -1.36. The van der Waals surface area contributed by atoms with Gasteiger partial charge in [0.2, 0.25) is 0 Å². The average Bonchev–Trinajstić information content (AvgIpc) is 2.79. The van der Waals surface area contributed by atoms with E-state index in [1.54, 1.807) is 0 Å². The molecule has 0 unspecified atom stereocenters. The predicted molar refractivity (Wildman–Crippen MR) is 84.6 cm³/mol. The van der Waals surface area contributed by atoms with Crippen molar-refractivity contribution in [3.8, 4) is 0 Å². The molecule has 0 radical (unpaired) electrons. The summed E-state index contributed by atoms with van der Waals surface area (Å²) in [5.74, 6) is 0.627. The first-order valence-corrected chi connectivity index (χ1v) is 7.89. The van der Waals surface area contributed by atoms with Crippen LogP contribution >= 0.6 is 0 Å². The van der Waals surface area contributed by atoms with E-state index in [2.05, 4.69) is 36.6 Å². The Morgan fingerprint density at radius 2 is 2.00 bits per heavy atom. The number of carbonyl (C=O) groups excluding carboxylic acids is 1. The maximum Gasteiger partial charge on any atom is 0.273 e. The zero-order chi connectivity index (χ0) is 15.9. The van der Waals surface area contributed by atoms with Crippen molar-refractivity contribution in [2.45, 2.75) is 65.8 Å². The van der Waals surface area contributed by atoms with Crippen LogP contribution in [0.5, 0.6) is 0 Å². The number of carbonyl (C=O) groups is 1. The normalized spacial score (nSPS) is 11.7. The Morgan fingerprint density at radius 1 is 1.29 bits per heavy atom. The molecule has 5 heteroatoms. The molecule has 120 valence electrons. The number of nitrogens with one attached hydrogen (secondary N) is 2. The molecule has 0 spiro atoms. The van der Waals surface area contributed by atoms with Crippen molar-refractivity contribution in [3.05, 3.63) is 17.0 Å². The van der Waals surface area contributed by atoms with Gasteiger partial charge in [-0.05, 0) is 40.2 Å². The van der Waals surface area contributed by atoms with E-state index in [1.807, 2.05) is 13.8 Å². The highest BCUT2D eigenvalue weighted by Gasteiger charge is 2.20. The summed E-state index contributed by atoms with van der Waals surface area (Å²) in [6, 6.07) is 0. The summed E-state index contributed by atoms with van der Waals surface area (Å²) < 4.78 is 5.16. The number of nitrogens with zero attached hydrogens (tertiary/aromatic N) is 1. The fourth-order valence-corrected chi connectivity index (χ4v) is 2.18. The summed E-state index contributed by atoms with van der Waals surface area (Å²) in [6.45, 7) is 12.0. The molecule has 2 N–H and O–H groups in total. The molecule has 0 bridgehead atoms. The van der Waals surface area contributed by atoms with Gasteiger partial charge in [-0.3, -0.25) is 4.79 Å². The van der Waals surface area contributed by atoms with E-state index in [0.717, 1.165) is 30.7 Å². The SMILES string of the molecule is CCCCNC(C)(C)CCNC(=O)c1noc(CC)c1C. The zero-order valence-corrected chi connectivity index (χ0v) is 14.0. The van der Waals surface area contributed by atoms with Crippen LogP contribution in [0, 0.1) is 6.92 Å². The zero-order valence-electron chi connectivity index (χ0n) is 14.0. The van der Waals surface area contributed by atoms with Crippen LogP contribution in [0.1, 0.15) is 68.8 Å². The maximum absolute atomic E-state index is 12.1. The lowest BCUT2D eigenvalue weighted by atomic mass is 10.0. The van der Waals surface area contributed by atoms with Gasteiger partial charge in [0.05, 0.1) is 0 Å². The standard InChI is InChI=1S/C16H29N3O2/c1-6-8-10-18-16(4,5)9-11-17-15(20)14-12(3)13(7-2)21-19-14/h18H,6-11H2,1-5H3,(H,17,20). The molecule has 0 atom stereocenters. The number of hydrogen-bond donors (Lipinski definition) is 2. The molecule has 0 fully saturated rings. The molecule has 0 saturated heterocycles. The van der Waals surface area contributed by atoms with Gasteiger partial charge in [-0.15, -0.1) is 0 Å². The van der Waals surface area contributed by atoms with Crippen LogP contribution in [0.4, 0.5) is 0 Å². The summed E-state index contributed by atoms with van der Waals surface area (Å²) in [7, 11) is 0. The molecule has 0 aliphatic heterocycles. The van der Waals surface area contributed by atoms with E-state index in [-0.39, 0.29) is 11.4 Å². The van der Waals surface area contributed by atoms with E-state index < -0.39 is 0 Å². The quantitative estimate of drug-likeness (QED) is 0.687. The summed E-state index contributed by atoms with van der Waals surface area (Å²) in [4.78, 5) is 12.1. The second-order valence-electron chi connectivity index (χ2n) is 6.10. The van der Waals surface area contributed by atoms with Crippen molar-refractivity contribution in [2.24, 2.45) is 0 Å². The summed E-state index contributed by atoms with van der Waals surface area (Å²) in [5, 5.41) is 10.3. The summed E-state index contributed by atoms with van der Waals surface area (Å²) in [5.41, 5.74) is 1.27. The van der Waals surface area contributed by atoms with Gasteiger partial charge >= 0.3 is 0 Å². The van der Waals surface area contributed by atoms with E-state index in [4.69, 9.17) is 4.52 Å². The number of amides is 1. The third kappa shape index (κ3) is 5.50. The summed E-state index contributed by atoms with van der Waals surface area (Å²) >= 11 is 0. The molecule has 0 saturated carbocycles. The molecule has 1 aromatic rings. The highest BCUT2D eigenvalue weighted by atomic mass is 16.5. The van der Waals surface area contributed by atoms with E-state index >= 15 is 0 Å². The van der Waals surface area contributed by atoms with Crippen molar-refractivity contribution in [1.82, 2.24) is 15.8 Å². The lowest BCUT2D eigenvalue weighted by molar-refractivity contribution is 0.0941. The topological polar surface area (TPSA) is 67.2 Å². The fraction of sp³-hybridized carbons (Fsp3) is 0.750. The lowest BCUT2D eigenvalue weighted by Crippen LogP contribution is -2.42. The van der Waals surface area contributed by atoms with Gasteiger partial charge < -0.3 is 15.2 Å². The molecule has 0 aromatic carbocycles. The fourth-order valence-electron chi connectivity index (χ4n) is 2.18. The van der Waals surface area contributed by atoms with Crippen LogP contribution in [0.3, 0.4) is 0 Å². The minimum atomic E-state index is -0.152. The van der Waals surface area contributed by atoms with Crippen molar-refractivity contribution in [1.29, 1.82) is 0 Å². The van der Waals surface area contributed by atoms with Crippen LogP contribution in [-0.4, -0.2) is 29.7 Å². The van der Waals surface area contributed by atoms with E-state index in [0.29, 0.717) is 12.2 Å². The molecule has 0 aliphatic rings. The molecular weight excluding hydrogens is 266 g/mol. The third-order valence-electron chi connectivity index (χ3n) is 3.73. The molecule has 21 heavy (non-hydrogen) atoms. The van der Waals surface area contributed by atoms with Crippen molar-refractivity contribution >= 4 is 5.91 Å². The van der Waals surface area contributed by atoms with Gasteiger partial charge in [0.25, 0.3) is 5.91 Å². The number of aromatic nitrogens is 1. The van der Waals surface area contributed by atoms with Gasteiger partial charge in [-0.25, -0.2) is 0 Å². The maximum atomic E-state index is 12.1. The summed E-state index contributed by atoms with van der Waals surface area (Å²) in [6.07, 6.45) is 3.99. The predicted octanol–water partition coefficient (Wildman–Crippen LogP) is 2.83.